The third-order valence-electron chi connectivity index (χ3n) is 7.61. The molecule has 0 aliphatic carbocycles. The Labute approximate surface area is 274 Å². The molecule has 1 aliphatic rings. The molecule has 1 aliphatic heterocycles. The van der Waals surface area contributed by atoms with Gasteiger partial charge >= 0.3 is 5.97 Å². The van der Waals surface area contributed by atoms with Gasteiger partial charge in [0, 0.05) is 26.6 Å². The molecular weight excluding hydrogens is 658 g/mol. The van der Waals surface area contributed by atoms with Gasteiger partial charge in [0.1, 0.15) is 29.8 Å². The molecular formula is C28H37N7O12S. The number of esters is 1. The Morgan fingerprint density at radius 2 is 1.94 bits per heavy atom. The Bertz CT molecular complexity index is 1800. The second-order valence-corrected chi connectivity index (χ2v) is 13.0. The molecule has 0 radical (unpaired) electrons. The van der Waals surface area contributed by atoms with E-state index >= 15 is 0 Å². The molecule has 262 valence electrons. The number of hydrogen-bond acceptors (Lipinski definition) is 14. The predicted octanol–water partition coefficient (Wildman–Crippen LogP) is 2.18. The Kier molecular flexibility index (Phi) is 11.9. The minimum absolute atomic E-state index is 0.0130. The molecule has 48 heavy (non-hydrogen) atoms. The fourth-order valence-corrected chi connectivity index (χ4v) is 6.93. The number of sulfonamides is 1. The van der Waals surface area contributed by atoms with Crippen molar-refractivity contribution in [2.24, 2.45) is 13.0 Å². The van der Waals surface area contributed by atoms with Gasteiger partial charge in [-0.05, 0) is 56.7 Å². The van der Waals surface area contributed by atoms with Crippen molar-refractivity contribution in [2.75, 3.05) is 32.9 Å². The summed E-state index contributed by atoms with van der Waals surface area (Å²) >= 11 is 0. The molecule has 20 heteroatoms. The number of nitrogens with zero attached hydrogens (tertiary/aromatic N) is 6. The summed E-state index contributed by atoms with van der Waals surface area (Å²) in [6.45, 7) is 3.93. The van der Waals surface area contributed by atoms with Crippen LogP contribution in [0.4, 0.5) is 0 Å². The van der Waals surface area contributed by atoms with E-state index < -0.39 is 44.4 Å². The van der Waals surface area contributed by atoms with E-state index in [0.29, 0.717) is 53.9 Å². The van der Waals surface area contributed by atoms with Crippen molar-refractivity contribution in [1.82, 2.24) is 24.1 Å². The van der Waals surface area contributed by atoms with E-state index in [0.717, 1.165) is 6.42 Å². The first kappa shape index (κ1) is 36.0. The van der Waals surface area contributed by atoms with Crippen molar-refractivity contribution in [1.29, 1.82) is 0 Å². The first-order chi connectivity index (χ1) is 22.8. The lowest BCUT2D eigenvalue weighted by Crippen LogP contribution is -2.49. The summed E-state index contributed by atoms with van der Waals surface area (Å²) in [5, 5.41) is 23.1. The molecule has 1 atom stereocenters. The molecule has 4 rings (SSSR count). The van der Waals surface area contributed by atoms with Gasteiger partial charge in [0.05, 0.1) is 29.4 Å². The van der Waals surface area contributed by atoms with Crippen LogP contribution in [0.1, 0.15) is 51.6 Å². The van der Waals surface area contributed by atoms with Gasteiger partial charge in [0.2, 0.25) is 10.0 Å². The highest BCUT2D eigenvalue weighted by molar-refractivity contribution is 7.89. The summed E-state index contributed by atoms with van der Waals surface area (Å²) < 4.78 is 40.8. The zero-order valence-corrected chi connectivity index (χ0v) is 27.5. The third-order valence-corrected chi connectivity index (χ3v) is 9.44. The molecule has 2 aromatic heterocycles. The SMILES string of the molecule is CCCc1nn(C)c2c(=O)[nH]c(-c3cc(S(=O)(=O)N4CC(CCCOC(=O)CCC(CO[N+](=O)[O-])O[N+](=O)[O-])C4)ccc3OCC)nc12. The number of aryl methyl sites for hydroxylation is 2. The Hall–Kier alpha value is -4.85. The molecule has 1 N–H and O–H groups in total. The van der Waals surface area contributed by atoms with E-state index in [2.05, 4.69) is 24.7 Å². The number of aromatic nitrogens is 4. The van der Waals surface area contributed by atoms with Crippen LogP contribution in [0.25, 0.3) is 22.4 Å². The van der Waals surface area contributed by atoms with E-state index in [1.807, 2.05) is 6.92 Å². The number of hydrogen-bond donors (Lipinski definition) is 1. The predicted molar refractivity (Wildman–Crippen MR) is 166 cm³/mol. The lowest BCUT2D eigenvalue weighted by molar-refractivity contribution is -0.790. The van der Waals surface area contributed by atoms with Gasteiger partial charge in [-0.15, -0.1) is 20.2 Å². The number of nitrogens with one attached hydrogen (secondary N) is 1. The van der Waals surface area contributed by atoms with Gasteiger partial charge in [0.25, 0.3) is 15.7 Å². The van der Waals surface area contributed by atoms with E-state index in [1.165, 1.54) is 21.1 Å². The fraction of sp³-hybridized carbons (Fsp3) is 0.571. The van der Waals surface area contributed by atoms with Crippen molar-refractivity contribution >= 4 is 27.0 Å². The minimum Gasteiger partial charge on any atom is -0.493 e. The topological polar surface area (TPSA) is 241 Å². The van der Waals surface area contributed by atoms with Gasteiger partial charge in [-0.25, -0.2) is 13.4 Å². The summed E-state index contributed by atoms with van der Waals surface area (Å²) in [6, 6.07) is 4.43. The highest BCUT2D eigenvalue weighted by Crippen LogP contribution is 2.34. The van der Waals surface area contributed by atoms with Crippen LogP contribution in [0, 0.1) is 26.1 Å². The van der Waals surface area contributed by atoms with E-state index in [1.54, 1.807) is 20.0 Å². The number of fused-ring (bicyclic) bond motifs is 1. The highest BCUT2D eigenvalue weighted by atomic mass is 32.2. The first-order valence-electron chi connectivity index (χ1n) is 15.3. The van der Waals surface area contributed by atoms with Gasteiger partial charge in [0.15, 0.2) is 5.52 Å². The van der Waals surface area contributed by atoms with Crippen LogP contribution in [0.2, 0.25) is 0 Å². The van der Waals surface area contributed by atoms with Crippen molar-refractivity contribution in [3.63, 3.8) is 0 Å². The molecule has 1 unspecified atom stereocenters. The number of H-pyrrole nitrogens is 1. The van der Waals surface area contributed by atoms with E-state index in [-0.39, 0.29) is 49.2 Å². The van der Waals surface area contributed by atoms with E-state index in [9.17, 15) is 38.2 Å². The Morgan fingerprint density at radius 3 is 2.60 bits per heavy atom. The van der Waals surface area contributed by atoms with Crippen LogP contribution >= 0.6 is 0 Å². The number of aromatic amines is 1. The molecule has 1 aromatic carbocycles. The Balaban J connectivity index is 1.35. The normalized spacial score (nSPS) is 14.3. The quantitative estimate of drug-likeness (QED) is 0.0818. The van der Waals surface area contributed by atoms with Gasteiger partial charge in [-0.1, -0.05) is 13.3 Å². The average Bonchev–Trinajstić information content (AvgIpc) is 3.32. The second kappa shape index (κ2) is 15.8. The molecule has 0 saturated carbocycles. The maximum Gasteiger partial charge on any atom is 0.305 e. The number of carbonyl (C=O) groups is 1. The molecule has 1 saturated heterocycles. The fourth-order valence-electron chi connectivity index (χ4n) is 5.31. The number of carbonyl (C=O) groups excluding carboxylic acids is 1. The first-order valence-corrected chi connectivity index (χ1v) is 16.7. The van der Waals surface area contributed by atoms with Crippen molar-refractivity contribution < 1.29 is 42.5 Å². The maximum atomic E-state index is 13.5. The zero-order chi connectivity index (χ0) is 35.0. The average molecular weight is 696 g/mol. The summed E-state index contributed by atoms with van der Waals surface area (Å²) in [6.07, 6.45) is 0.629. The molecule has 0 amide bonds. The van der Waals surface area contributed by atoms with Gasteiger partial charge < -0.3 is 24.1 Å². The largest absolute Gasteiger partial charge is 0.493 e. The smallest absolute Gasteiger partial charge is 0.305 e. The number of benzene rings is 1. The molecule has 1 fully saturated rings. The molecule has 3 aromatic rings. The van der Waals surface area contributed by atoms with Crippen LogP contribution in [0.3, 0.4) is 0 Å². The highest BCUT2D eigenvalue weighted by Gasteiger charge is 2.37. The van der Waals surface area contributed by atoms with Crippen molar-refractivity contribution in [3.05, 3.63) is 54.5 Å². The van der Waals surface area contributed by atoms with Crippen molar-refractivity contribution in [3.8, 4) is 17.1 Å². The van der Waals surface area contributed by atoms with Crippen LogP contribution in [-0.2, 0) is 42.7 Å². The standard InChI is InChI=1S/C28H37N7O12S/c1-4-7-22-25-26(32(3)31-22)28(37)30-27(29-25)21-14-20(10-11-23(21)44-5-2)48(42,43)33-15-18(16-33)8-6-13-45-24(36)12-9-19(47-35(40)41)17-46-34(38)39/h10-11,14,18-19H,4-9,12-13,15-17H2,1-3H3,(H,29,30,37). The molecule has 19 nitrogen and oxygen atoms in total. The maximum absolute atomic E-state index is 13.5. The summed E-state index contributed by atoms with van der Waals surface area (Å²) in [5.74, 6) is -0.111. The zero-order valence-electron chi connectivity index (χ0n) is 26.7. The van der Waals surface area contributed by atoms with Gasteiger partial charge in [-0.3, -0.25) is 14.3 Å². The van der Waals surface area contributed by atoms with Crippen LogP contribution < -0.4 is 10.3 Å². The van der Waals surface area contributed by atoms with Crippen LogP contribution in [0.5, 0.6) is 5.75 Å². The third kappa shape index (κ3) is 8.73. The van der Waals surface area contributed by atoms with Crippen LogP contribution in [0.15, 0.2) is 27.9 Å². The molecule has 3 heterocycles. The molecule has 0 bridgehead atoms. The summed E-state index contributed by atoms with van der Waals surface area (Å²) in [5.41, 5.74) is 1.35. The van der Waals surface area contributed by atoms with E-state index in [4.69, 9.17) is 9.47 Å². The minimum atomic E-state index is -3.90. The van der Waals surface area contributed by atoms with Crippen molar-refractivity contribution in [2.45, 2.75) is 63.4 Å². The lowest BCUT2D eigenvalue weighted by Gasteiger charge is -2.38. The number of ether oxygens (including phenoxy) is 2. The van der Waals surface area contributed by atoms with Crippen LogP contribution in [-0.4, -0.2) is 87.6 Å². The summed E-state index contributed by atoms with van der Waals surface area (Å²) in [4.78, 5) is 61.7. The van der Waals surface area contributed by atoms with Gasteiger partial charge in [-0.2, -0.15) is 9.40 Å². The second-order valence-electron chi connectivity index (χ2n) is 11.1. The molecule has 0 spiro atoms. The lowest BCUT2D eigenvalue weighted by atomic mass is 9.98. The summed E-state index contributed by atoms with van der Waals surface area (Å²) in [7, 11) is -2.23. The monoisotopic (exact) mass is 695 g/mol. The Morgan fingerprint density at radius 1 is 1.19 bits per heavy atom. The number of rotatable bonds is 19.